The molecular formula is C8H10N4. The summed E-state index contributed by atoms with van der Waals surface area (Å²) in [5, 5.41) is 4.09. The van der Waals surface area contributed by atoms with E-state index in [4.69, 9.17) is 0 Å². The highest BCUT2D eigenvalue weighted by molar-refractivity contribution is 6.08. The van der Waals surface area contributed by atoms with Crippen LogP contribution >= 0.6 is 0 Å². The Labute approximate surface area is 70.6 Å². The van der Waals surface area contributed by atoms with Gasteiger partial charge < -0.3 is 0 Å². The van der Waals surface area contributed by atoms with Crippen LogP contribution in [0, 0.1) is 6.92 Å². The van der Waals surface area contributed by atoms with Crippen LogP contribution in [0.4, 0.5) is 5.69 Å². The summed E-state index contributed by atoms with van der Waals surface area (Å²) in [5.74, 6) is 0.895. The minimum atomic E-state index is 0.883. The van der Waals surface area contributed by atoms with Crippen molar-refractivity contribution in [2.24, 2.45) is 17.0 Å². The zero-order valence-electron chi connectivity index (χ0n) is 7.15. The maximum atomic E-state index is 4.32. The normalized spacial score (nSPS) is 18.3. The second-order valence-corrected chi connectivity index (χ2v) is 2.78. The average Bonchev–Trinajstić information content (AvgIpc) is 2.27. The van der Waals surface area contributed by atoms with Gasteiger partial charge in [-0.2, -0.15) is 5.10 Å². The second kappa shape index (κ2) is 2.55. The number of rotatable bonds is 1. The van der Waals surface area contributed by atoms with Crippen molar-refractivity contribution in [1.29, 1.82) is 0 Å². The third kappa shape index (κ3) is 1.05. The van der Waals surface area contributed by atoms with Gasteiger partial charge in [-0.3, -0.25) is 4.68 Å². The summed E-state index contributed by atoms with van der Waals surface area (Å²) in [6.07, 6.45) is 4.50. The Morgan fingerprint density at radius 3 is 2.75 bits per heavy atom. The van der Waals surface area contributed by atoms with Gasteiger partial charge in [0, 0.05) is 19.7 Å². The van der Waals surface area contributed by atoms with Gasteiger partial charge >= 0.3 is 0 Å². The lowest BCUT2D eigenvalue weighted by Gasteiger charge is -2.03. The molecule has 0 saturated carbocycles. The predicted octanol–water partition coefficient (Wildman–Crippen LogP) is 1.23. The van der Waals surface area contributed by atoms with E-state index in [1.165, 1.54) is 0 Å². The molecule has 0 unspecified atom stereocenters. The third-order valence-corrected chi connectivity index (χ3v) is 1.97. The number of aliphatic imine (C=N–C) groups is 2. The van der Waals surface area contributed by atoms with Gasteiger partial charge in [0.05, 0.1) is 11.9 Å². The molecule has 1 aromatic rings. The fourth-order valence-electron chi connectivity index (χ4n) is 0.983. The van der Waals surface area contributed by atoms with E-state index >= 15 is 0 Å². The van der Waals surface area contributed by atoms with Crippen molar-refractivity contribution in [2.45, 2.75) is 13.3 Å². The van der Waals surface area contributed by atoms with Crippen LogP contribution < -0.4 is 0 Å². The molecule has 1 aliphatic heterocycles. The highest BCUT2D eigenvalue weighted by Gasteiger charge is 2.06. The highest BCUT2D eigenvalue weighted by Crippen LogP contribution is 2.18. The zero-order chi connectivity index (χ0) is 8.55. The Morgan fingerprint density at radius 2 is 2.33 bits per heavy atom. The second-order valence-electron chi connectivity index (χ2n) is 2.78. The lowest BCUT2D eigenvalue weighted by atomic mass is 10.3. The fraction of sp³-hybridized carbons (Fsp3) is 0.375. The first kappa shape index (κ1) is 7.21. The molecule has 0 aliphatic carbocycles. The molecule has 1 aliphatic rings. The SMILES string of the molecule is Cc1c(N=C2CC=N2)cnn1C. The Balaban J connectivity index is 2.34. The lowest BCUT2D eigenvalue weighted by molar-refractivity contribution is 0.740. The van der Waals surface area contributed by atoms with Crippen molar-refractivity contribution in [3.8, 4) is 0 Å². The smallest absolute Gasteiger partial charge is 0.134 e. The topological polar surface area (TPSA) is 42.5 Å². The van der Waals surface area contributed by atoms with Crippen LogP contribution in [0.3, 0.4) is 0 Å². The van der Waals surface area contributed by atoms with Crippen LogP contribution in [-0.2, 0) is 7.05 Å². The minimum absolute atomic E-state index is 0.883. The quantitative estimate of drug-likeness (QED) is 0.612. The largest absolute Gasteiger partial charge is 0.271 e. The monoisotopic (exact) mass is 162 g/mol. The van der Waals surface area contributed by atoms with E-state index in [0.29, 0.717) is 0 Å². The van der Waals surface area contributed by atoms with Gasteiger partial charge in [-0.05, 0) is 6.92 Å². The minimum Gasteiger partial charge on any atom is -0.271 e. The van der Waals surface area contributed by atoms with Crippen LogP contribution in [0.1, 0.15) is 12.1 Å². The van der Waals surface area contributed by atoms with Crippen molar-refractivity contribution in [2.75, 3.05) is 0 Å². The first-order valence-corrected chi connectivity index (χ1v) is 3.86. The van der Waals surface area contributed by atoms with Crippen LogP contribution in [0.2, 0.25) is 0 Å². The van der Waals surface area contributed by atoms with Crippen LogP contribution in [0.15, 0.2) is 16.2 Å². The highest BCUT2D eigenvalue weighted by atomic mass is 15.3. The lowest BCUT2D eigenvalue weighted by Crippen LogP contribution is -2.04. The molecule has 0 saturated heterocycles. The number of hydrogen-bond donors (Lipinski definition) is 0. The van der Waals surface area contributed by atoms with E-state index in [-0.39, 0.29) is 0 Å². The van der Waals surface area contributed by atoms with Gasteiger partial charge in [0.2, 0.25) is 0 Å². The van der Waals surface area contributed by atoms with Gasteiger partial charge in [0.25, 0.3) is 0 Å². The van der Waals surface area contributed by atoms with E-state index < -0.39 is 0 Å². The molecule has 12 heavy (non-hydrogen) atoms. The molecule has 1 aromatic heterocycles. The predicted molar refractivity (Wildman–Crippen MR) is 48.1 cm³/mol. The third-order valence-electron chi connectivity index (χ3n) is 1.97. The molecule has 0 atom stereocenters. The summed E-state index contributed by atoms with van der Waals surface area (Å²) in [7, 11) is 1.91. The summed E-state index contributed by atoms with van der Waals surface area (Å²) in [4.78, 5) is 8.32. The number of hydrogen-bond acceptors (Lipinski definition) is 2. The van der Waals surface area contributed by atoms with Crippen LogP contribution in [0.25, 0.3) is 0 Å². The molecule has 0 N–H and O–H groups in total. The average molecular weight is 162 g/mol. The van der Waals surface area contributed by atoms with Gasteiger partial charge in [0.1, 0.15) is 11.5 Å². The van der Waals surface area contributed by atoms with Gasteiger partial charge in [-0.25, -0.2) is 9.98 Å². The van der Waals surface area contributed by atoms with Gasteiger partial charge in [-0.1, -0.05) is 0 Å². The molecule has 0 radical (unpaired) electrons. The van der Waals surface area contributed by atoms with Crippen molar-refractivity contribution in [3.63, 3.8) is 0 Å². The standard InChI is InChI=1S/C8H10N4/c1-6-7(5-10-12(6)2)11-8-3-4-9-8/h4-5H,3H2,1-2H3. The maximum Gasteiger partial charge on any atom is 0.134 e. The van der Waals surface area contributed by atoms with E-state index in [9.17, 15) is 0 Å². The number of nitrogens with zero attached hydrogens (tertiary/aromatic N) is 4. The van der Waals surface area contributed by atoms with E-state index in [1.54, 1.807) is 6.20 Å². The Morgan fingerprint density at radius 1 is 1.58 bits per heavy atom. The first-order valence-electron chi connectivity index (χ1n) is 3.86. The Hall–Kier alpha value is -1.45. The maximum absolute atomic E-state index is 4.32. The molecule has 0 amide bonds. The van der Waals surface area contributed by atoms with Crippen molar-refractivity contribution < 1.29 is 0 Å². The molecule has 2 rings (SSSR count). The molecule has 4 nitrogen and oxygen atoms in total. The van der Waals surface area contributed by atoms with Gasteiger partial charge in [0.15, 0.2) is 0 Å². The van der Waals surface area contributed by atoms with Crippen molar-refractivity contribution in [1.82, 2.24) is 9.78 Å². The van der Waals surface area contributed by atoms with E-state index in [1.807, 2.05) is 24.9 Å². The van der Waals surface area contributed by atoms with Crippen LogP contribution in [0.5, 0.6) is 0 Å². The summed E-state index contributed by atoms with van der Waals surface area (Å²) < 4.78 is 1.81. The molecule has 0 bridgehead atoms. The number of aromatic nitrogens is 2. The fourth-order valence-corrected chi connectivity index (χ4v) is 0.983. The molecule has 0 aromatic carbocycles. The van der Waals surface area contributed by atoms with Crippen LogP contribution in [-0.4, -0.2) is 21.8 Å². The molecule has 4 heteroatoms. The van der Waals surface area contributed by atoms with Crippen molar-refractivity contribution in [3.05, 3.63) is 11.9 Å². The molecule has 0 spiro atoms. The Kier molecular flexibility index (Phi) is 1.53. The summed E-state index contributed by atoms with van der Waals surface area (Å²) in [5.41, 5.74) is 1.99. The molecule has 62 valence electrons. The first-order chi connectivity index (χ1) is 5.77. The van der Waals surface area contributed by atoms with E-state index in [0.717, 1.165) is 23.6 Å². The summed E-state index contributed by atoms with van der Waals surface area (Å²) in [6.45, 7) is 1.99. The number of aryl methyl sites for hydroxylation is 1. The summed E-state index contributed by atoms with van der Waals surface area (Å²) >= 11 is 0. The van der Waals surface area contributed by atoms with Gasteiger partial charge in [-0.15, -0.1) is 0 Å². The van der Waals surface area contributed by atoms with E-state index in [2.05, 4.69) is 15.1 Å². The molecule has 2 heterocycles. The molecule has 0 fully saturated rings. The number of amidine groups is 1. The van der Waals surface area contributed by atoms with Crippen molar-refractivity contribution >= 4 is 17.7 Å². The Bertz CT molecular complexity index is 359. The molecular weight excluding hydrogens is 152 g/mol. The summed E-state index contributed by atoms with van der Waals surface area (Å²) in [6, 6.07) is 0. The zero-order valence-corrected chi connectivity index (χ0v) is 7.15.